The van der Waals surface area contributed by atoms with Crippen molar-refractivity contribution in [2.75, 3.05) is 0 Å². The van der Waals surface area contributed by atoms with Crippen LogP contribution in [0.5, 0.6) is 0 Å². The summed E-state index contributed by atoms with van der Waals surface area (Å²) in [6.07, 6.45) is 2.28. The summed E-state index contributed by atoms with van der Waals surface area (Å²) in [6, 6.07) is 13.9. The number of rotatable bonds is 9. The van der Waals surface area contributed by atoms with Crippen LogP contribution < -0.4 is 21.9 Å². The molecule has 0 spiro atoms. The lowest BCUT2D eigenvalue weighted by Crippen LogP contribution is -2.33. The highest BCUT2D eigenvalue weighted by atomic mass is 16.2. The molecule has 1 atom stereocenters. The standard InChI is InChI=1S/C26H28N6O4/c1-4-13-30-24(35)20-12-11-19(23(34)28-17(3)5-2)14-21(20)32-25(30)29-31(26(32)36)16-22(33)27-15-18-9-7-6-8-10-18/h4,6-12,14,17H,1,5,13,15-16H2,2-3H3,(H,27,33)(H,28,34). The number of carbonyl (C=O) groups is 2. The summed E-state index contributed by atoms with van der Waals surface area (Å²) in [4.78, 5) is 51.9. The van der Waals surface area contributed by atoms with Crippen molar-refractivity contribution in [3.05, 3.63) is 93.2 Å². The van der Waals surface area contributed by atoms with E-state index in [0.717, 1.165) is 16.7 Å². The zero-order valence-corrected chi connectivity index (χ0v) is 20.2. The lowest BCUT2D eigenvalue weighted by molar-refractivity contribution is -0.122. The van der Waals surface area contributed by atoms with Crippen molar-refractivity contribution in [3.63, 3.8) is 0 Å². The van der Waals surface area contributed by atoms with Crippen LogP contribution in [0.2, 0.25) is 0 Å². The van der Waals surface area contributed by atoms with E-state index in [1.54, 1.807) is 6.07 Å². The van der Waals surface area contributed by atoms with E-state index < -0.39 is 11.6 Å². The summed E-state index contributed by atoms with van der Waals surface area (Å²) >= 11 is 0. The van der Waals surface area contributed by atoms with Gasteiger partial charge in [0.05, 0.1) is 10.9 Å². The second-order valence-electron chi connectivity index (χ2n) is 8.56. The molecule has 2 aromatic carbocycles. The van der Waals surface area contributed by atoms with Crippen LogP contribution in [0.3, 0.4) is 0 Å². The van der Waals surface area contributed by atoms with Crippen molar-refractivity contribution in [1.29, 1.82) is 0 Å². The minimum absolute atomic E-state index is 0.0336. The van der Waals surface area contributed by atoms with Gasteiger partial charge in [-0.3, -0.25) is 19.0 Å². The maximum Gasteiger partial charge on any atom is 0.352 e. The number of hydrogen-bond acceptors (Lipinski definition) is 5. The zero-order valence-electron chi connectivity index (χ0n) is 20.2. The molecule has 4 rings (SSSR count). The molecule has 0 saturated heterocycles. The quantitative estimate of drug-likeness (QED) is 0.349. The van der Waals surface area contributed by atoms with Gasteiger partial charge in [-0.25, -0.2) is 13.9 Å². The van der Waals surface area contributed by atoms with Gasteiger partial charge in [0.25, 0.3) is 11.5 Å². The summed E-state index contributed by atoms with van der Waals surface area (Å²) in [6.45, 7) is 7.63. The number of nitrogens with one attached hydrogen (secondary N) is 2. The van der Waals surface area contributed by atoms with Gasteiger partial charge in [0.1, 0.15) is 6.54 Å². The Kier molecular flexibility index (Phi) is 7.14. The molecule has 0 fully saturated rings. The van der Waals surface area contributed by atoms with E-state index in [1.165, 1.54) is 27.2 Å². The highest BCUT2D eigenvalue weighted by molar-refractivity contribution is 5.98. The normalized spacial score (nSPS) is 11.9. The van der Waals surface area contributed by atoms with Crippen LogP contribution in [0, 0.1) is 0 Å². The molecule has 10 nitrogen and oxygen atoms in total. The SMILES string of the molecule is C=CCn1c(=O)c2ccc(C(=O)NC(C)CC)cc2n2c(=O)n(CC(=O)NCc3ccccc3)nc12. The van der Waals surface area contributed by atoms with E-state index in [2.05, 4.69) is 22.3 Å². The largest absolute Gasteiger partial charge is 0.352 e. The van der Waals surface area contributed by atoms with Crippen LogP contribution in [-0.2, 0) is 24.4 Å². The van der Waals surface area contributed by atoms with Crippen LogP contribution in [0.15, 0.2) is 70.8 Å². The van der Waals surface area contributed by atoms with E-state index in [4.69, 9.17) is 0 Å². The lowest BCUT2D eigenvalue weighted by Gasteiger charge is -2.12. The van der Waals surface area contributed by atoms with Crippen LogP contribution in [0.1, 0.15) is 36.2 Å². The Morgan fingerprint density at radius 2 is 1.89 bits per heavy atom. The number of aromatic nitrogens is 4. The van der Waals surface area contributed by atoms with Gasteiger partial charge in [0.2, 0.25) is 11.7 Å². The summed E-state index contributed by atoms with van der Waals surface area (Å²) < 4.78 is 3.58. The van der Waals surface area contributed by atoms with Crippen molar-refractivity contribution < 1.29 is 9.59 Å². The first-order chi connectivity index (χ1) is 17.3. The maximum absolute atomic E-state index is 13.4. The molecule has 1 unspecified atom stereocenters. The van der Waals surface area contributed by atoms with E-state index >= 15 is 0 Å². The number of hydrogen-bond donors (Lipinski definition) is 2. The molecule has 4 aromatic rings. The average molecular weight is 489 g/mol. The lowest BCUT2D eigenvalue weighted by atomic mass is 10.1. The molecule has 0 saturated carbocycles. The van der Waals surface area contributed by atoms with E-state index in [0.29, 0.717) is 12.1 Å². The van der Waals surface area contributed by atoms with Gasteiger partial charge < -0.3 is 10.6 Å². The second-order valence-corrected chi connectivity index (χ2v) is 8.56. The molecule has 36 heavy (non-hydrogen) atoms. The van der Waals surface area contributed by atoms with E-state index in [-0.39, 0.29) is 47.3 Å². The molecule has 0 aliphatic rings. The molecule has 10 heteroatoms. The Morgan fingerprint density at radius 3 is 2.58 bits per heavy atom. The zero-order chi connectivity index (χ0) is 25.8. The summed E-state index contributed by atoms with van der Waals surface area (Å²) in [5, 5.41) is 10.2. The van der Waals surface area contributed by atoms with Crippen LogP contribution in [-0.4, -0.2) is 36.6 Å². The molecule has 2 aromatic heterocycles. The van der Waals surface area contributed by atoms with Crippen LogP contribution in [0.25, 0.3) is 16.7 Å². The van der Waals surface area contributed by atoms with Crippen LogP contribution in [0.4, 0.5) is 0 Å². The Bertz CT molecular complexity index is 1560. The molecular formula is C26H28N6O4. The molecule has 2 amide bonds. The number of nitrogens with zero attached hydrogens (tertiary/aromatic N) is 4. The molecule has 2 heterocycles. The summed E-state index contributed by atoms with van der Waals surface area (Å²) in [5.74, 6) is -0.650. The number of carbonyl (C=O) groups excluding carboxylic acids is 2. The Labute approximate surface area is 206 Å². The average Bonchev–Trinajstić information content (AvgIpc) is 3.20. The molecule has 0 aliphatic heterocycles. The molecule has 0 bridgehead atoms. The van der Waals surface area contributed by atoms with Crippen molar-refractivity contribution in [3.8, 4) is 0 Å². The van der Waals surface area contributed by atoms with E-state index in [9.17, 15) is 19.2 Å². The van der Waals surface area contributed by atoms with Gasteiger partial charge in [-0.15, -0.1) is 11.7 Å². The third-order valence-electron chi connectivity index (χ3n) is 5.97. The van der Waals surface area contributed by atoms with Crippen molar-refractivity contribution >= 4 is 28.5 Å². The van der Waals surface area contributed by atoms with Gasteiger partial charge in [-0.1, -0.05) is 43.3 Å². The Morgan fingerprint density at radius 1 is 1.14 bits per heavy atom. The predicted molar refractivity (Wildman–Crippen MR) is 137 cm³/mol. The molecule has 0 radical (unpaired) electrons. The van der Waals surface area contributed by atoms with Gasteiger partial charge >= 0.3 is 5.69 Å². The van der Waals surface area contributed by atoms with Gasteiger partial charge in [0.15, 0.2) is 0 Å². The first-order valence-electron chi connectivity index (χ1n) is 11.7. The van der Waals surface area contributed by atoms with Crippen molar-refractivity contribution in [2.45, 2.75) is 45.9 Å². The number of amides is 2. The molecule has 0 aliphatic carbocycles. The number of fused-ring (bicyclic) bond motifs is 3. The van der Waals surface area contributed by atoms with Gasteiger partial charge in [-0.05, 0) is 37.1 Å². The molecular weight excluding hydrogens is 460 g/mol. The first-order valence-corrected chi connectivity index (χ1v) is 11.7. The van der Waals surface area contributed by atoms with Gasteiger partial charge in [0, 0.05) is 24.7 Å². The first kappa shape index (κ1) is 24.6. The van der Waals surface area contributed by atoms with E-state index in [1.807, 2.05) is 44.2 Å². The fraction of sp³-hybridized carbons (Fsp3) is 0.269. The third kappa shape index (κ3) is 4.83. The fourth-order valence-electron chi connectivity index (χ4n) is 3.85. The Balaban J connectivity index is 1.77. The second kappa shape index (κ2) is 10.4. The van der Waals surface area contributed by atoms with Crippen LogP contribution >= 0.6 is 0 Å². The number of benzene rings is 2. The summed E-state index contributed by atoms with van der Waals surface area (Å²) in [7, 11) is 0. The predicted octanol–water partition coefficient (Wildman–Crippen LogP) is 1.84. The fourth-order valence-corrected chi connectivity index (χ4v) is 3.85. The molecule has 2 N–H and O–H groups in total. The van der Waals surface area contributed by atoms with Crippen molar-refractivity contribution in [1.82, 2.24) is 29.4 Å². The minimum atomic E-state index is -0.595. The monoisotopic (exact) mass is 488 g/mol. The minimum Gasteiger partial charge on any atom is -0.350 e. The smallest absolute Gasteiger partial charge is 0.350 e. The highest BCUT2D eigenvalue weighted by Gasteiger charge is 2.20. The number of allylic oxidation sites excluding steroid dienone is 1. The maximum atomic E-state index is 13.4. The third-order valence-corrected chi connectivity index (χ3v) is 5.97. The summed E-state index contributed by atoms with van der Waals surface area (Å²) in [5.41, 5.74) is 0.500. The molecule has 186 valence electrons. The topological polar surface area (TPSA) is 120 Å². The highest BCUT2D eigenvalue weighted by Crippen LogP contribution is 2.15. The van der Waals surface area contributed by atoms with Crippen molar-refractivity contribution in [2.24, 2.45) is 0 Å². The Hall–Kier alpha value is -4.47. The van der Waals surface area contributed by atoms with Gasteiger partial charge in [-0.2, -0.15) is 0 Å².